The van der Waals surface area contributed by atoms with Gasteiger partial charge in [-0.15, -0.1) is 11.3 Å². The van der Waals surface area contributed by atoms with Crippen LogP contribution in [0.25, 0.3) is 21.3 Å². The minimum atomic E-state index is -0.558. The number of nitrogens with zero attached hydrogens (tertiary/aromatic N) is 2. The summed E-state index contributed by atoms with van der Waals surface area (Å²) < 4.78 is 16.3. The first-order valence-electron chi connectivity index (χ1n) is 10.1. The third-order valence-corrected chi connectivity index (χ3v) is 5.45. The van der Waals surface area contributed by atoms with Gasteiger partial charge in [-0.1, -0.05) is 30.3 Å². The Morgan fingerprint density at radius 1 is 0.906 bits per heavy atom. The van der Waals surface area contributed by atoms with Crippen LogP contribution in [-0.2, 0) is 9.47 Å². The molecule has 2 aromatic carbocycles. The quantitative estimate of drug-likeness (QED) is 0.345. The van der Waals surface area contributed by atoms with Crippen molar-refractivity contribution in [1.82, 2.24) is 9.97 Å². The molecule has 0 aliphatic carbocycles. The largest absolute Gasteiger partial charge is 0.462 e. The molecule has 0 unspecified atom stereocenters. The molecule has 7 nitrogen and oxygen atoms in total. The topological polar surface area (TPSA) is 87.6 Å². The zero-order chi connectivity index (χ0) is 22.5. The van der Waals surface area contributed by atoms with Crippen molar-refractivity contribution in [2.75, 3.05) is 13.2 Å². The highest BCUT2D eigenvalue weighted by atomic mass is 32.1. The molecule has 0 radical (unpaired) electrons. The molecule has 0 bridgehead atoms. The number of ether oxygens (including phenoxy) is 3. The Kier molecular flexibility index (Phi) is 6.42. The van der Waals surface area contributed by atoms with Crippen LogP contribution in [0.2, 0.25) is 0 Å². The standard InChI is InChI=1S/C24H20N2O5S/c1-3-29-23(27)16-10-17(24(28)30-4-2)12-18(11-16)31-21-20-19(15-8-6-5-7-9-15)13-32-22(20)26-14-25-21/h5-14H,3-4H2,1-2H3. The van der Waals surface area contributed by atoms with Gasteiger partial charge in [0.05, 0.1) is 29.7 Å². The zero-order valence-electron chi connectivity index (χ0n) is 17.5. The predicted octanol–water partition coefficient (Wildman–Crippen LogP) is 5.50. The summed E-state index contributed by atoms with van der Waals surface area (Å²) in [7, 11) is 0. The number of carbonyl (C=O) groups excluding carboxylic acids is 2. The minimum Gasteiger partial charge on any atom is -0.462 e. The van der Waals surface area contributed by atoms with Crippen molar-refractivity contribution in [3.63, 3.8) is 0 Å². The van der Waals surface area contributed by atoms with Crippen LogP contribution in [0, 0.1) is 0 Å². The lowest BCUT2D eigenvalue weighted by Gasteiger charge is -2.11. The van der Waals surface area contributed by atoms with E-state index in [0.717, 1.165) is 21.3 Å². The summed E-state index contributed by atoms with van der Waals surface area (Å²) in [6.07, 6.45) is 1.42. The van der Waals surface area contributed by atoms with Gasteiger partial charge in [-0.2, -0.15) is 0 Å². The van der Waals surface area contributed by atoms with Gasteiger partial charge in [0.15, 0.2) is 0 Å². The molecule has 0 N–H and O–H groups in total. The van der Waals surface area contributed by atoms with Crippen LogP contribution >= 0.6 is 11.3 Å². The van der Waals surface area contributed by atoms with Crippen molar-refractivity contribution in [2.24, 2.45) is 0 Å². The maximum absolute atomic E-state index is 12.3. The van der Waals surface area contributed by atoms with Crippen LogP contribution in [0.1, 0.15) is 34.6 Å². The molecule has 0 atom stereocenters. The molecule has 0 aliphatic rings. The summed E-state index contributed by atoms with van der Waals surface area (Å²) in [5, 5.41) is 2.75. The van der Waals surface area contributed by atoms with Crippen molar-refractivity contribution in [1.29, 1.82) is 0 Å². The molecule has 32 heavy (non-hydrogen) atoms. The highest BCUT2D eigenvalue weighted by Crippen LogP contribution is 2.39. The van der Waals surface area contributed by atoms with Crippen LogP contribution in [0.3, 0.4) is 0 Å². The minimum absolute atomic E-state index is 0.186. The summed E-state index contributed by atoms with van der Waals surface area (Å²) in [5.74, 6) is -0.525. The van der Waals surface area contributed by atoms with Gasteiger partial charge in [0, 0.05) is 10.9 Å². The lowest BCUT2D eigenvalue weighted by atomic mass is 10.1. The molecule has 0 amide bonds. The first kappa shape index (κ1) is 21.5. The van der Waals surface area contributed by atoms with E-state index in [0.29, 0.717) is 5.88 Å². The van der Waals surface area contributed by atoms with E-state index in [2.05, 4.69) is 9.97 Å². The Hall–Kier alpha value is -3.78. The number of benzene rings is 2. The van der Waals surface area contributed by atoms with Crippen LogP contribution in [-0.4, -0.2) is 35.1 Å². The molecule has 4 rings (SSSR count). The molecule has 2 aromatic heterocycles. The molecular weight excluding hydrogens is 428 g/mol. The van der Waals surface area contributed by atoms with Gasteiger partial charge in [0.2, 0.25) is 5.88 Å². The number of aromatic nitrogens is 2. The van der Waals surface area contributed by atoms with Crippen LogP contribution < -0.4 is 4.74 Å². The van der Waals surface area contributed by atoms with Gasteiger partial charge in [0.1, 0.15) is 16.9 Å². The van der Waals surface area contributed by atoms with Crippen molar-refractivity contribution >= 4 is 33.5 Å². The smallest absolute Gasteiger partial charge is 0.338 e. The van der Waals surface area contributed by atoms with Crippen molar-refractivity contribution in [3.05, 3.63) is 71.4 Å². The third kappa shape index (κ3) is 4.45. The number of esters is 2. The molecule has 0 saturated heterocycles. The van der Waals surface area contributed by atoms with Gasteiger partial charge in [-0.3, -0.25) is 0 Å². The molecule has 4 aromatic rings. The number of carbonyl (C=O) groups is 2. The number of thiophene rings is 1. The summed E-state index contributed by atoms with van der Waals surface area (Å²) in [5.41, 5.74) is 2.32. The Bertz CT molecular complexity index is 1230. The van der Waals surface area contributed by atoms with Gasteiger partial charge in [-0.25, -0.2) is 19.6 Å². The number of fused-ring (bicyclic) bond motifs is 1. The molecule has 8 heteroatoms. The fraction of sp³-hybridized carbons (Fsp3) is 0.167. The second-order valence-electron chi connectivity index (χ2n) is 6.66. The maximum Gasteiger partial charge on any atom is 0.338 e. The number of hydrogen-bond donors (Lipinski definition) is 0. The van der Waals surface area contributed by atoms with Gasteiger partial charge in [-0.05, 0) is 37.6 Å². The second kappa shape index (κ2) is 9.57. The second-order valence-corrected chi connectivity index (χ2v) is 7.52. The summed E-state index contributed by atoms with van der Waals surface area (Å²) >= 11 is 1.48. The third-order valence-electron chi connectivity index (χ3n) is 4.56. The molecule has 162 valence electrons. The van der Waals surface area contributed by atoms with Crippen molar-refractivity contribution in [2.45, 2.75) is 13.8 Å². The lowest BCUT2D eigenvalue weighted by Crippen LogP contribution is -2.09. The molecule has 0 fully saturated rings. The van der Waals surface area contributed by atoms with E-state index in [1.807, 2.05) is 35.7 Å². The Morgan fingerprint density at radius 3 is 2.19 bits per heavy atom. The van der Waals surface area contributed by atoms with E-state index in [-0.39, 0.29) is 30.1 Å². The van der Waals surface area contributed by atoms with Gasteiger partial charge >= 0.3 is 11.9 Å². The number of rotatable bonds is 7. The normalized spacial score (nSPS) is 10.7. The Balaban J connectivity index is 1.79. The van der Waals surface area contributed by atoms with Crippen LogP contribution in [0.5, 0.6) is 11.6 Å². The molecule has 0 spiro atoms. The van der Waals surface area contributed by atoms with E-state index in [9.17, 15) is 9.59 Å². The molecule has 2 heterocycles. The Labute approximate surface area is 188 Å². The van der Waals surface area contributed by atoms with Gasteiger partial charge < -0.3 is 14.2 Å². The van der Waals surface area contributed by atoms with Crippen LogP contribution in [0.4, 0.5) is 0 Å². The van der Waals surface area contributed by atoms with E-state index in [4.69, 9.17) is 14.2 Å². The summed E-state index contributed by atoms with van der Waals surface area (Å²) in [6, 6.07) is 14.3. The lowest BCUT2D eigenvalue weighted by molar-refractivity contribution is 0.0524. The molecular formula is C24H20N2O5S. The van der Waals surface area contributed by atoms with Crippen molar-refractivity contribution in [3.8, 4) is 22.8 Å². The van der Waals surface area contributed by atoms with E-state index in [1.165, 1.54) is 35.9 Å². The Morgan fingerprint density at radius 2 is 1.56 bits per heavy atom. The predicted molar refractivity (Wildman–Crippen MR) is 121 cm³/mol. The fourth-order valence-corrected chi connectivity index (χ4v) is 4.10. The average molecular weight is 449 g/mol. The first-order chi connectivity index (χ1) is 15.6. The number of hydrogen-bond acceptors (Lipinski definition) is 8. The van der Waals surface area contributed by atoms with E-state index in [1.54, 1.807) is 13.8 Å². The SMILES string of the molecule is CCOC(=O)c1cc(Oc2ncnc3scc(-c4ccccc4)c23)cc(C(=O)OCC)c1. The van der Waals surface area contributed by atoms with Gasteiger partial charge in [0.25, 0.3) is 0 Å². The average Bonchev–Trinajstić information content (AvgIpc) is 3.25. The summed E-state index contributed by atoms with van der Waals surface area (Å²) in [4.78, 5) is 34.1. The zero-order valence-corrected chi connectivity index (χ0v) is 18.3. The highest BCUT2D eigenvalue weighted by Gasteiger charge is 2.19. The monoisotopic (exact) mass is 448 g/mol. The maximum atomic E-state index is 12.3. The fourth-order valence-electron chi connectivity index (χ4n) is 3.19. The molecule has 0 saturated carbocycles. The van der Waals surface area contributed by atoms with E-state index < -0.39 is 11.9 Å². The van der Waals surface area contributed by atoms with Crippen LogP contribution in [0.15, 0.2) is 60.2 Å². The summed E-state index contributed by atoms with van der Waals surface area (Å²) in [6.45, 7) is 3.84. The highest BCUT2D eigenvalue weighted by molar-refractivity contribution is 7.17. The molecule has 0 aliphatic heterocycles. The first-order valence-corrected chi connectivity index (χ1v) is 10.9. The van der Waals surface area contributed by atoms with Crippen molar-refractivity contribution < 1.29 is 23.8 Å². The van der Waals surface area contributed by atoms with E-state index >= 15 is 0 Å².